The molecule has 0 saturated carbocycles. The molecule has 0 saturated heterocycles. The van der Waals surface area contributed by atoms with Crippen LogP contribution in [-0.4, -0.2) is 21.9 Å². The second-order valence-electron chi connectivity index (χ2n) is 6.61. The Morgan fingerprint density at radius 2 is 1.81 bits per heavy atom. The van der Waals surface area contributed by atoms with Crippen LogP contribution in [0.3, 0.4) is 0 Å². The number of carbonyl (C=O) groups excluding carboxylic acids is 2. The van der Waals surface area contributed by atoms with Crippen LogP contribution in [0.4, 0.5) is 5.69 Å². The molecule has 6 heteroatoms. The molecule has 0 fully saturated rings. The van der Waals surface area contributed by atoms with E-state index in [0.717, 1.165) is 0 Å². The van der Waals surface area contributed by atoms with E-state index in [-0.39, 0.29) is 17.1 Å². The number of aliphatic hydroxyl groups is 1. The minimum absolute atomic E-state index is 0.00459. The standard InChI is InChI=1S/C21H18N2O4/c1-12(2)19(25)17-18(14-4-3-5-16(24)10-14)23(21(27)20(17)26)15-8-6-13(11-22)7-9-15/h3-10,12,18,24,26H,1-2H3. The SMILES string of the molecule is CC(C)C(=O)C1=C(O)C(=O)N(c2ccc(C#N)cc2)C1c1cccc(O)c1. The number of nitriles is 1. The summed E-state index contributed by atoms with van der Waals surface area (Å²) in [6, 6.07) is 13.7. The summed E-state index contributed by atoms with van der Waals surface area (Å²) in [4.78, 5) is 26.9. The quantitative estimate of drug-likeness (QED) is 0.868. The second kappa shape index (κ2) is 6.96. The number of amides is 1. The number of aromatic hydroxyl groups is 1. The molecule has 1 aliphatic heterocycles. The average molecular weight is 362 g/mol. The first-order chi connectivity index (χ1) is 12.8. The van der Waals surface area contributed by atoms with Gasteiger partial charge in [0.1, 0.15) is 5.75 Å². The lowest BCUT2D eigenvalue weighted by Gasteiger charge is -2.27. The summed E-state index contributed by atoms with van der Waals surface area (Å²) >= 11 is 0. The van der Waals surface area contributed by atoms with E-state index in [1.807, 2.05) is 6.07 Å². The van der Waals surface area contributed by atoms with Gasteiger partial charge in [0.2, 0.25) is 0 Å². The van der Waals surface area contributed by atoms with Crippen molar-refractivity contribution in [3.63, 3.8) is 0 Å². The summed E-state index contributed by atoms with van der Waals surface area (Å²) in [5, 5.41) is 29.3. The zero-order chi connectivity index (χ0) is 19.7. The maximum absolute atomic E-state index is 12.8. The number of aliphatic hydroxyl groups excluding tert-OH is 1. The topological polar surface area (TPSA) is 102 Å². The fraction of sp³-hybridized carbons (Fsp3) is 0.190. The largest absolute Gasteiger partial charge is 0.508 e. The highest BCUT2D eigenvalue weighted by Crippen LogP contribution is 2.42. The summed E-state index contributed by atoms with van der Waals surface area (Å²) in [6.45, 7) is 3.38. The van der Waals surface area contributed by atoms with Crippen molar-refractivity contribution in [3.05, 3.63) is 71.0 Å². The molecule has 0 aliphatic carbocycles. The van der Waals surface area contributed by atoms with Gasteiger partial charge in [-0.15, -0.1) is 0 Å². The van der Waals surface area contributed by atoms with Crippen LogP contribution < -0.4 is 4.90 Å². The van der Waals surface area contributed by atoms with E-state index < -0.39 is 23.6 Å². The van der Waals surface area contributed by atoms with E-state index in [9.17, 15) is 19.8 Å². The lowest BCUT2D eigenvalue weighted by atomic mass is 9.91. The van der Waals surface area contributed by atoms with Gasteiger partial charge in [-0.05, 0) is 42.0 Å². The third-order valence-corrected chi connectivity index (χ3v) is 4.46. The molecule has 2 aromatic carbocycles. The number of Topliss-reactive ketones (excluding diaryl/α,β-unsaturated/α-hetero) is 1. The van der Waals surface area contributed by atoms with Crippen LogP contribution in [0.15, 0.2) is 59.9 Å². The number of rotatable bonds is 4. The van der Waals surface area contributed by atoms with Gasteiger partial charge >= 0.3 is 0 Å². The smallest absolute Gasteiger partial charge is 0.294 e. The Morgan fingerprint density at radius 1 is 1.15 bits per heavy atom. The molecular weight excluding hydrogens is 344 g/mol. The van der Waals surface area contributed by atoms with Crippen LogP contribution in [0, 0.1) is 17.2 Å². The first kappa shape index (κ1) is 18.2. The average Bonchev–Trinajstić information content (AvgIpc) is 2.92. The first-order valence-corrected chi connectivity index (χ1v) is 8.45. The van der Waals surface area contributed by atoms with E-state index >= 15 is 0 Å². The highest BCUT2D eigenvalue weighted by molar-refractivity contribution is 6.16. The Hall–Kier alpha value is -3.59. The third kappa shape index (κ3) is 3.15. The molecule has 3 rings (SSSR count). The zero-order valence-corrected chi connectivity index (χ0v) is 14.9. The molecule has 6 nitrogen and oxygen atoms in total. The fourth-order valence-electron chi connectivity index (χ4n) is 3.14. The van der Waals surface area contributed by atoms with Crippen LogP contribution in [0.5, 0.6) is 5.75 Å². The fourth-order valence-corrected chi connectivity index (χ4v) is 3.14. The van der Waals surface area contributed by atoms with Crippen LogP contribution in [0.25, 0.3) is 0 Å². The maximum atomic E-state index is 12.8. The van der Waals surface area contributed by atoms with E-state index in [1.54, 1.807) is 50.2 Å². The van der Waals surface area contributed by atoms with Gasteiger partial charge in [-0.1, -0.05) is 26.0 Å². The van der Waals surface area contributed by atoms with Gasteiger partial charge in [0.05, 0.1) is 23.2 Å². The molecule has 1 amide bonds. The normalized spacial score (nSPS) is 16.7. The number of benzene rings is 2. The summed E-state index contributed by atoms with van der Waals surface area (Å²) in [5.74, 6) is -2.06. The Labute approximate surface area is 156 Å². The van der Waals surface area contributed by atoms with Crippen LogP contribution in [0.1, 0.15) is 31.0 Å². The minimum Gasteiger partial charge on any atom is -0.508 e. The van der Waals surface area contributed by atoms with Gasteiger partial charge in [-0.3, -0.25) is 14.5 Å². The van der Waals surface area contributed by atoms with Gasteiger partial charge in [0.25, 0.3) is 5.91 Å². The van der Waals surface area contributed by atoms with Crippen molar-refractivity contribution >= 4 is 17.4 Å². The summed E-state index contributed by atoms with van der Waals surface area (Å²) in [7, 11) is 0. The third-order valence-electron chi connectivity index (χ3n) is 4.46. The number of hydrogen-bond acceptors (Lipinski definition) is 5. The van der Waals surface area contributed by atoms with Crippen LogP contribution in [-0.2, 0) is 9.59 Å². The summed E-state index contributed by atoms with van der Waals surface area (Å²) in [6.07, 6.45) is 0. The zero-order valence-electron chi connectivity index (χ0n) is 14.9. The number of phenolic OH excluding ortho intramolecular Hbond substituents is 1. The predicted molar refractivity (Wildman–Crippen MR) is 99.0 cm³/mol. The van der Waals surface area contributed by atoms with Crippen molar-refractivity contribution in [3.8, 4) is 11.8 Å². The molecule has 0 bridgehead atoms. The number of carbonyl (C=O) groups is 2. The Bertz CT molecular complexity index is 984. The lowest BCUT2D eigenvalue weighted by molar-refractivity contribution is -0.119. The van der Waals surface area contributed by atoms with Gasteiger partial charge in [-0.2, -0.15) is 5.26 Å². The van der Waals surface area contributed by atoms with Crippen molar-refractivity contribution in [2.45, 2.75) is 19.9 Å². The highest BCUT2D eigenvalue weighted by atomic mass is 16.3. The molecule has 2 aromatic rings. The van der Waals surface area contributed by atoms with Crippen molar-refractivity contribution < 1.29 is 19.8 Å². The van der Waals surface area contributed by atoms with Crippen molar-refractivity contribution in [1.29, 1.82) is 5.26 Å². The molecule has 1 unspecified atom stereocenters. The van der Waals surface area contributed by atoms with E-state index in [2.05, 4.69) is 0 Å². The molecule has 136 valence electrons. The van der Waals surface area contributed by atoms with Gasteiger partial charge in [0.15, 0.2) is 11.5 Å². The molecule has 27 heavy (non-hydrogen) atoms. The molecular formula is C21H18N2O4. The Kier molecular flexibility index (Phi) is 4.70. The monoisotopic (exact) mass is 362 g/mol. The van der Waals surface area contributed by atoms with E-state index in [0.29, 0.717) is 16.8 Å². The Balaban J connectivity index is 2.18. The predicted octanol–water partition coefficient (Wildman–Crippen LogP) is 3.39. The number of ketones is 1. The number of nitrogens with zero attached hydrogens (tertiary/aromatic N) is 2. The number of phenols is 1. The first-order valence-electron chi connectivity index (χ1n) is 8.45. The molecule has 0 spiro atoms. The minimum atomic E-state index is -0.868. The molecule has 1 atom stereocenters. The van der Waals surface area contributed by atoms with Crippen molar-refractivity contribution in [1.82, 2.24) is 0 Å². The number of hydrogen-bond donors (Lipinski definition) is 2. The van der Waals surface area contributed by atoms with Crippen molar-refractivity contribution in [2.75, 3.05) is 4.90 Å². The highest BCUT2D eigenvalue weighted by Gasteiger charge is 2.44. The van der Waals surface area contributed by atoms with Crippen LogP contribution in [0.2, 0.25) is 0 Å². The molecule has 2 N–H and O–H groups in total. The van der Waals surface area contributed by atoms with Crippen molar-refractivity contribution in [2.24, 2.45) is 5.92 Å². The van der Waals surface area contributed by atoms with Gasteiger partial charge < -0.3 is 10.2 Å². The molecule has 1 heterocycles. The molecule has 1 aliphatic rings. The van der Waals surface area contributed by atoms with E-state index in [4.69, 9.17) is 5.26 Å². The molecule has 0 radical (unpaired) electrons. The summed E-state index contributed by atoms with van der Waals surface area (Å²) < 4.78 is 0. The Morgan fingerprint density at radius 3 is 2.37 bits per heavy atom. The van der Waals surface area contributed by atoms with Crippen LogP contribution >= 0.6 is 0 Å². The number of anilines is 1. The lowest BCUT2D eigenvalue weighted by Crippen LogP contribution is -2.31. The second-order valence-corrected chi connectivity index (χ2v) is 6.61. The summed E-state index contributed by atoms with van der Waals surface area (Å²) in [5.41, 5.74) is 1.37. The van der Waals surface area contributed by atoms with Gasteiger partial charge in [0, 0.05) is 11.6 Å². The van der Waals surface area contributed by atoms with E-state index in [1.165, 1.54) is 17.0 Å². The van der Waals surface area contributed by atoms with Gasteiger partial charge in [-0.25, -0.2) is 0 Å². The maximum Gasteiger partial charge on any atom is 0.294 e. The molecule has 0 aromatic heterocycles.